The number of hydrogen-bond acceptors (Lipinski definition) is 5. The van der Waals surface area contributed by atoms with Crippen LogP contribution in [0.15, 0.2) is 48.5 Å². The third kappa shape index (κ3) is 4.92. The van der Waals surface area contributed by atoms with Crippen LogP contribution in [-0.2, 0) is 6.54 Å². The van der Waals surface area contributed by atoms with Crippen molar-refractivity contribution in [1.29, 1.82) is 0 Å². The van der Waals surface area contributed by atoms with Crippen molar-refractivity contribution in [2.24, 2.45) is 0 Å². The molecule has 31 heavy (non-hydrogen) atoms. The smallest absolute Gasteiger partial charge is 0.321 e. The Kier molecular flexibility index (Phi) is 5.99. The van der Waals surface area contributed by atoms with Gasteiger partial charge in [-0.05, 0) is 23.8 Å². The first kappa shape index (κ1) is 20.6. The molecule has 0 unspecified atom stereocenters. The van der Waals surface area contributed by atoms with Crippen LogP contribution in [0.4, 0.5) is 26.7 Å². The van der Waals surface area contributed by atoms with Crippen molar-refractivity contribution in [3.63, 3.8) is 0 Å². The molecule has 2 aliphatic rings. The number of urea groups is 2. The van der Waals surface area contributed by atoms with Crippen LogP contribution >= 0.6 is 0 Å². The minimum absolute atomic E-state index is 0.0872. The minimum atomic E-state index is -0.392. The van der Waals surface area contributed by atoms with Gasteiger partial charge in [0.15, 0.2) is 0 Å². The van der Waals surface area contributed by atoms with Gasteiger partial charge in [-0.25, -0.2) is 9.59 Å². The highest BCUT2D eigenvalue weighted by Crippen LogP contribution is 2.22. The number of rotatable bonds is 5. The highest BCUT2D eigenvalue weighted by atomic mass is 16.6. The summed E-state index contributed by atoms with van der Waals surface area (Å²) in [4.78, 5) is 40.6. The molecule has 2 heterocycles. The summed E-state index contributed by atoms with van der Waals surface area (Å²) >= 11 is 0. The van der Waals surface area contributed by atoms with Crippen molar-refractivity contribution in [2.45, 2.75) is 6.54 Å². The van der Waals surface area contributed by atoms with E-state index in [1.165, 1.54) is 6.07 Å². The lowest BCUT2D eigenvalue weighted by molar-refractivity contribution is -0.384. The topological polar surface area (TPSA) is 111 Å². The molecule has 4 amide bonds. The molecule has 0 aromatic heterocycles. The lowest BCUT2D eigenvalue weighted by Crippen LogP contribution is -2.49. The number of nitrogens with one attached hydrogen (secondary N) is 2. The SMILES string of the molecule is O=C(Nc1cccc(N2CCNC2=O)c1)N1CCN(Cc2cccc([N+](=O)[O-])c2)CC1. The van der Waals surface area contributed by atoms with Crippen molar-refractivity contribution < 1.29 is 14.5 Å². The summed E-state index contributed by atoms with van der Waals surface area (Å²) in [5.41, 5.74) is 2.36. The van der Waals surface area contributed by atoms with Crippen LogP contribution in [0.2, 0.25) is 0 Å². The second-order valence-corrected chi connectivity index (χ2v) is 7.55. The van der Waals surface area contributed by atoms with Gasteiger partial charge in [-0.2, -0.15) is 0 Å². The van der Waals surface area contributed by atoms with Gasteiger partial charge in [-0.1, -0.05) is 18.2 Å². The van der Waals surface area contributed by atoms with Gasteiger partial charge in [-0.15, -0.1) is 0 Å². The second kappa shape index (κ2) is 9.00. The zero-order valence-electron chi connectivity index (χ0n) is 17.0. The van der Waals surface area contributed by atoms with E-state index in [4.69, 9.17) is 0 Å². The average Bonchev–Trinajstić information content (AvgIpc) is 3.20. The number of amides is 4. The second-order valence-electron chi connectivity index (χ2n) is 7.55. The van der Waals surface area contributed by atoms with E-state index in [0.717, 1.165) is 11.3 Å². The largest absolute Gasteiger partial charge is 0.336 e. The molecule has 10 heteroatoms. The predicted octanol–water partition coefficient (Wildman–Crippen LogP) is 2.47. The molecular weight excluding hydrogens is 400 g/mol. The predicted molar refractivity (Wildman–Crippen MR) is 116 cm³/mol. The molecule has 2 saturated heterocycles. The number of anilines is 2. The lowest BCUT2D eigenvalue weighted by atomic mass is 10.2. The summed E-state index contributed by atoms with van der Waals surface area (Å²) in [5.74, 6) is 0. The van der Waals surface area contributed by atoms with Gasteiger partial charge in [0.2, 0.25) is 0 Å². The normalized spacial score (nSPS) is 16.8. The maximum atomic E-state index is 12.7. The highest BCUT2D eigenvalue weighted by Gasteiger charge is 2.23. The van der Waals surface area contributed by atoms with Gasteiger partial charge in [0, 0.05) is 69.3 Å². The summed E-state index contributed by atoms with van der Waals surface area (Å²) in [6.45, 7) is 4.31. The average molecular weight is 424 g/mol. The summed E-state index contributed by atoms with van der Waals surface area (Å²) in [5, 5.41) is 16.6. The molecule has 0 radical (unpaired) electrons. The number of hydrogen-bond donors (Lipinski definition) is 2. The fourth-order valence-corrected chi connectivity index (χ4v) is 3.81. The highest BCUT2D eigenvalue weighted by molar-refractivity contribution is 5.95. The van der Waals surface area contributed by atoms with Crippen LogP contribution in [0, 0.1) is 10.1 Å². The molecule has 2 fully saturated rings. The number of carbonyl (C=O) groups is 2. The third-order valence-electron chi connectivity index (χ3n) is 5.45. The Hall–Kier alpha value is -3.66. The molecule has 10 nitrogen and oxygen atoms in total. The molecule has 2 aromatic carbocycles. The molecule has 0 spiro atoms. The van der Waals surface area contributed by atoms with Gasteiger partial charge in [0.25, 0.3) is 5.69 Å². The standard InChI is InChI=1S/C21H24N6O4/c28-20-22-7-8-26(20)18-5-2-4-17(14-18)23-21(29)25-11-9-24(10-12-25)15-16-3-1-6-19(13-16)27(30)31/h1-6,13-14H,7-12,15H2,(H,22,28)(H,23,29). The van der Waals surface area contributed by atoms with Crippen LogP contribution in [0.1, 0.15) is 5.56 Å². The van der Waals surface area contributed by atoms with Crippen LogP contribution in [-0.4, -0.2) is 66.1 Å². The van der Waals surface area contributed by atoms with E-state index < -0.39 is 4.92 Å². The third-order valence-corrected chi connectivity index (χ3v) is 5.45. The van der Waals surface area contributed by atoms with E-state index in [0.29, 0.717) is 51.5 Å². The van der Waals surface area contributed by atoms with Crippen molar-refractivity contribution >= 4 is 29.1 Å². The van der Waals surface area contributed by atoms with Gasteiger partial charge < -0.3 is 15.5 Å². The van der Waals surface area contributed by atoms with Gasteiger partial charge in [0.05, 0.1) is 4.92 Å². The van der Waals surface area contributed by atoms with E-state index in [2.05, 4.69) is 15.5 Å². The molecule has 0 aliphatic carbocycles. The molecule has 0 bridgehead atoms. The fraction of sp³-hybridized carbons (Fsp3) is 0.333. The Bertz CT molecular complexity index is 989. The molecule has 0 atom stereocenters. The minimum Gasteiger partial charge on any atom is -0.336 e. The number of nitro groups is 1. The van der Waals surface area contributed by atoms with Crippen molar-refractivity contribution in [2.75, 3.05) is 49.5 Å². The number of nitrogens with zero attached hydrogens (tertiary/aromatic N) is 4. The first-order valence-corrected chi connectivity index (χ1v) is 10.2. The summed E-state index contributed by atoms with van der Waals surface area (Å²) < 4.78 is 0. The molecular formula is C21H24N6O4. The summed E-state index contributed by atoms with van der Waals surface area (Å²) in [6, 6.07) is 13.6. The first-order chi connectivity index (χ1) is 15.0. The quantitative estimate of drug-likeness (QED) is 0.566. The van der Waals surface area contributed by atoms with Crippen LogP contribution in [0.3, 0.4) is 0 Å². The number of piperazine rings is 1. The molecule has 2 aliphatic heterocycles. The summed E-state index contributed by atoms with van der Waals surface area (Å²) in [7, 11) is 0. The molecule has 162 valence electrons. The Labute approximate surface area is 179 Å². The fourth-order valence-electron chi connectivity index (χ4n) is 3.81. The monoisotopic (exact) mass is 424 g/mol. The number of nitro benzene ring substituents is 1. The maximum absolute atomic E-state index is 12.7. The Morgan fingerprint density at radius 3 is 2.55 bits per heavy atom. The van der Waals surface area contributed by atoms with E-state index in [9.17, 15) is 19.7 Å². The van der Waals surface area contributed by atoms with Gasteiger partial charge in [0.1, 0.15) is 0 Å². The Morgan fingerprint density at radius 2 is 1.84 bits per heavy atom. The number of benzene rings is 2. The van der Waals surface area contributed by atoms with Crippen molar-refractivity contribution in [3.8, 4) is 0 Å². The molecule has 0 saturated carbocycles. The molecule has 2 aromatic rings. The molecule has 4 rings (SSSR count). The Morgan fingerprint density at radius 1 is 1.06 bits per heavy atom. The van der Waals surface area contributed by atoms with E-state index in [1.54, 1.807) is 34.1 Å². The summed E-state index contributed by atoms with van der Waals surface area (Å²) in [6.07, 6.45) is 0. The number of non-ortho nitro benzene ring substituents is 1. The van der Waals surface area contributed by atoms with Crippen molar-refractivity contribution in [1.82, 2.24) is 15.1 Å². The first-order valence-electron chi connectivity index (χ1n) is 10.2. The number of carbonyl (C=O) groups excluding carboxylic acids is 2. The van der Waals surface area contributed by atoms with Crippen LogP contribution < -0.4 is 15.5 Å². The maximum Gasteiger partial charge on any atom is 0.321 e. The molecule has 2 N–H and O–H groups in total. The Balaban J connectivity index is 1.30. The van der Waals surface area contributed by atoms with Crippen LogP contribution in [0.25, 0.3) is 0 Å². The van der Waals surface area contributed by atoms with Gasteiger partial charge >= 0.3 is 12.1 Å². The van der Waals surface area contributed by atoms with Crippen LogP contribution in [0.5, 0.6) is 0 Å². The van der Waals surface area contributed by atoms with E-state index in [-0.39, 0.29) is 17.7 Å². The van der Waals surface area contributed by atoms with Crippen molar-refractivity contribution in [3.05, 3.63) is 64.2 Å². The lowest BCUT2D eigenvalue weighted by Gasteiger charge is -2.34. The van der Waals surface area contributed by atoms with Gasteiger partial charge in [-0.3, -0.25) is 19.9 Å². The van der Waals surface area contributed by atoms with E-state index >= 15 is 0 Å². The zero-order chi connectivity index (χ0) is 21.8. The zero-order valence-corrected chi connectivity index (χ0v) is 17.0. The van der Waals surface area contributed by atoms with E-state index in [1.807, 2.05) is 18.2 Å².